The summed E-state index contributed by atoms with van der Waals surface area (Å²) in [4.78, 5) is 25.9. The lowest BCUT2D eigenvalue weighted by molar-refractivity contribution is -0.127. The average Bonchev–Trinajstić information content (AvgIpc) is 2.62. The highest BCUT2D eigenvalue weighted by atomic mass is 32.2. The molecule has 1 N–H and O–H groups in total. The van der Waals surface area contributed by atoms with Gasteiger partial charge in [-0.1, -0.05) is 42.5 Å². The number of hydrogen-bond donors (Lipinski definition) is 1. The largest absolute Gasteiger partial charge is 0.349 e. The summed E-state index contributed by atoms with van der Waals surface area (Å²) in [6.45, 7) is 7.33. The van der Waals surface area contributed by atoms with Crippen molar-refractivity contribution in [3.63, 3.8) is 0 Å². The maximum absolute atomic E-state index is 12.2. The summed E-state index contributed by atoms with van der Waals surface area (Å²) in [5.41, 5.74) is 1.11. The molecule has 0 heterocycles. The summed E-state index contributed by atoms with van der Waals surface area (Å²) in [6.07, 6.45) is 0. The van der Waals surface area contributed by atoms with Gasteiger partial charge in [0.2, 0.25) is 11.8 Å². The summed E-state index contributed by atoms with van der Waals surface area (Å²) in [5.74, 6) is 0.683. The van der Waals surface area contributed by atoms with Gasteiger partial charge in [0.05, 0.1) is 17.5 Å². The molecule has 0 radical (unpaired) electrons. The first-order valence-electron chi connectivity index (χ1n) is 8.69. The summed E-state index contributed by atoms with van der Waals surface area (Å²) >= 11 is 1.37. The van der Waals surface area contributed by atoms with Gasteiger partial charge in [-0.2, -0.15) is 0 Å². The monoisotopic (exact) mass is 358 g/mol. The lowest BCUT2D eigenvalue weighted by Crippen LogP contribution is -2.33. The molecule has 0 spiro atoms. The van der Waals surface area contributed by atoms with Crippen molar-refractivity contribution < 1.29 is 9.59 Å². The Kier molecular flexibility index (Phi) is 7.31. The normalized spacial score (nSPS) is 12.0. The summed E-state index contributed by atoms with van der Waals surface area (Å²) in [7, 11) is 0. The van der Waals surface area contributed by atoms with Crippen molar-refractivity contribution in [2.75, 3.05) is 24.6 Å². The maximum Gasteiger partial charge on any atom is 0.232 e. The molecule has 0 fully saturated rings. The first-order valence-corrected chi connectivity index (χ1v) is 9.84. The Morgan fingerprint density at radius 3 is 2.44 bits per heavy atom. The van der Waals surface area contributed by atoms with Gasteiger partial charge in [-0.05, 0) is 37.1 Å². The van der Waals surface area contributed by atoms with Crippen LogP contribution in [0.25, 0.3) is 10.8 Å². The van der Waals surface area contributed by atoms with Crippen molar-refractivity contribution in [3.05, 3.63) is 48.0 Å². The molecule has 0 aliphatic carbocycles. The van der Waals surface area contributed by atoms with E-state index in [0.717, 1.165) is 10.9 Å². The maximum atomic E-state index is 12.2. The lowest BCUT2D eigenvalue weighted by atomic mass is 10.00. The van der Waals surface area contributed by atoms with Crippen LogP contribution < -0.4 is 5.32 Å². The van der Waals surface area contributed by atoms with Crippen LogP contribution in [-0.2, 0) is 9.59 Å². The zero-order chi connectivity index (χ0) is 18.2. The standard InChI is InChI=1S/C20H26N2O2S/c1-4-22(5-2)20(24)14-25-13-19(23)21-15(3)17-12-8-10-16-9-6-7-11-18(16)17/h6-12,15H,4-5,13-14H2,1-3H3,(H,21,23). The van der Waals surface area contributed by atoms with Crippen LogP contribution in [-0.4, -0.2) is 41.3 Å². The number of carbonyl (C=O) groups is 2. The number of hydrogen-bond acceptors (Lipinski definition) is 3. The predicted octanol–water partition coefficient (Wildman–Crippen LogP) is 3.62. The number of nitrogens with zero attached hydrogens (tertiary/aromatic N) is 1. The first-order chi connectivity index (χ1) is 12.1. The lowest BCUT2D eigenvalue weighted by Gasteiger charge is -2.19. The Morgan fingerprint density at radius 1 is 1.04 bits per heavy atom. The second kappa shape index (κ2) is 9.47. The van der Waals surface area contributed by atoms with Crippen molar-refractivity contribution in [2.45, 2.75) is 26.8 Å². The third kappa shape index (κ3) is 5.23. The van der Waals surface area contributed by atoms with E-state index in [1.165, 1.54) is 17.1 Å². The average molecular weight is 359 g/mol. The number of amides is 2. The molecule has 2 aromatic rings. The van der Waals surface area contributed by atoms with Gasteiger partial charge in [0.1, 0.15) is 0 Å². The molecule has 0 aliphatic rings. The van der Waals surface area contributed by atoms with Crippen LogP contribution in [0.3, 0.4) is 0 Å². The molecule has 0 aromatic heterocycles. The third-order valence-electron chi connectivity index (χ3n) is 4.24. The second-order valence-corrected chi connectivity index (χ2v) is 6.90. The fourth-order valence-corrected chi connectivity index (χ4v) is 3.62. The van der Waals surface area contributed by atoms with E-state index in [1.54, 1.807) is 4.90 Å². The van der Waals surface area contributed by atoms with Crippen molar-refractivity contribution in [1.82, 2.24) is 10.2 Å². The van der Waals surface area contributed by atoms with Crippen LogP contribution in [0.2, 0.25) is 0 Å². The van der Waals surface area contributed by atoms with Gasteiger partial charge in [-0.15, -0.1) is 11.8 Å². The SMILES string of the molecule is CCN(CC)C(=O)CSCC(=O)NC(C)c1cccc2ccccc12. The van der Waals surface area contributed by atoms with Crippen LogP contribution in [0.15, 0.2) is 42.5 Å². The number of benzene rings is 2. The number of rotatable bonds is 8. The van der Waals surface area contributed by atoms with Gasteiger partial charge in [-0.25, -0.2) is 0 Å². The minimum absolute atomic E-state index is 0.0437. The van der Waals surface area contributed by atoms with Crippen LogP contribution in [0.5, 0.6) is 0 Å². The molecule has 1 atom stereocenters. The Morgan fingerprint density at radius 2 is 1.72 bits per heavy atom. The number of fused-ring (bicyclic) bond motifs is 1. The Balaban J connectivity index is 1.89. The number of nitrogens with one attached hydrogen (secondary N) is 1. The minimum Gasteiger partial charge on any atom is -0.349 e. The van der Waals surface area contributed by atoms with Crippen LogP contribution in [0, 0.1) is 0 Å². The van der Waals surface area contributed by atoms with Gasteiger partial charge in [-0.3, -0.25) is 9.59 Å². The molecule has 25 heavy (non-hydrogen) atoms. The third-order valence-corrected chi connectivity index (χ3v) is 5.16. The summed E-state index contributed by atoms with van der Waals surface area (Å²) in [5, 5.41) is 5.36. The molecule has 134 valence electrons. The van der Waals surface area contributed by atoms with E-state index >= 15 is 0 Å². The fourth-order valence-electron chi connectivity index (χ4n) is 2.89. The van der Waals surface area contributed by atoms with Crippen molar-refractivity contribution >= 4 is 34.3 Å². The molecule has 0 saturated heterocycles. The second-order valence-electron chi connectivity index (χ2n) is 5.92. The van der Waals surface area contributed by atoms with E-state index in [2.05, 4.69) is 23.5 Å². The van der Waals surface area contributed by atoms with Crippen LogP contribution >= 0.6 is 11.8 Å². The van der Waals surface area contributed by atoms with Crippen LogP contribution in [0.1, 0.15) is 32.4 Å². The number of carbonyl (C=O) groups excluding carboxylic acids is 2. The molecule has 0 aliphatic heterocycles. The van der Waals surface area contributed by atoms with Gasteiger partial charge in [0, 0.05) is 13.1 Å². The highest BCUT2D eigenvalue weighted by Gasteiger charge is 2.14. The molecule has 5 heteroatoms. The Hall–Kier alpha value is -2.01. The van der Waals surface area contributed by atoms with Crippen LogP contribution in [0.4, 0.5) is 0 Å². The van der Waals surface area contributed by atoms with Gasteiger partial charge < -0.3 is 10.2 Å². The predicted molar refractivity (Wildman–Crippen MR) is 106 cm³/mol. The highest BCUT2D eigenvalue weighted by molar-refractivity contribution is 8.00. The zero-order valence-electron chi connectivity index (χ0n) is 15.1. The van der Waals surface area contributed by atoms with E-state index in [-0.39, 0.29) is 17.9 Å². The summed E-state index contributed by atoms with van der Waals surface area (Å²) < 4.78 is 0. The number of thioether (sulfide) groups is 1. The molecule has 2 aromatic carbocycles. The Bertz CT molecular complexity index is 723. The molecular formula is C20H26N2O2S. The Labute approximate surface area is 154 Å². The van der Waals surface area contributed by atoms with Gasteiger partial charge >= 0.3 is 0 Å². The molecule has 0 saturated carbocycles. The fraction of sp³-hybridized carbons (Fsp3) is 0.400. The van der Waals surface area contributed by atoms with E-state index in [9.17, 15) is 9.59 Å². The van der Waals surface area contributed by atoms with E-state index in [1.807, 2.05) is 45.0 Å². The van der Waals surface area contributed by atoms with E-state index in [0.29, 0.717) is 24.6 Å². The smallest absolute Gasteiger partial charge is 0.232 e. The highest BCUT2D eigenvalue weighted by Crippen LogP contribution is 2.24. The molecule has 2 rings (SSSR count). The van der Waals surface area contributed by atoms with Gasteiger partial charge in [0.25, 0.3) is 0 Å². The van der Waals surface area contributed by atoms with Crippen molar-refractivity contribution in [3.8, 4) is 0 Å². The first kappa shape index (κ1) is 19.3. The molecule has 1 unspecified atom stereocenters. The minimum atomic E-state index is -0.0716. The van der Waals surface area contributed by atoms with Crippen molar-refractivity contribution in [2.24, 2.45) is 0 Å². The van der Waals surface area contributed by atoms with E-state index in [4.69, 9.17) is 0 Å². The summed E-state index contributed by atoms with van der Waals surface area (Å²) in [6, 6.07) is 14.2. The zero-order valence-corrected chi connectivity index (χ0v) is 15.9. The van der Waals surface area contributed by atoms with Crippen molar-refractivity contribution in [1.29, 1.82) is 0 Å². The molecule has 4 nitrogen and oxygen atoms in total. The molecule has 2 amide bonds. The van der Waals surface area contributed by atoms with Gasteiger partial charge in [0.15, 0.2) is 0 Å². The quantitative estimate of drug-likeness (QED) is 0.784. The molecule has 0 bridgehead atoms. The molecular weight excluding hydrogens is 332 g/mol. The van der Waals surface area contributed by atoms with E-state index < -0.39 is 0 Å². The topological polar surface area (TPSA) is 49.4 Å².